The van der Waals surface area contributed by atoms with Crippen LogP contribution in [0, 0.1) is 0 Å². The maximum absolute atomic E-state index is 11.4. The second-order valence-electron chi connectivity index (χ2n) is 4.21. The Morgan fingerprint density at radius 1 is 1.44 bits per heavy atom. The van der Waals surface area contributed by atoms with Gasteiger partial charge in [-0.15, -0.1) is 0 Å². The van der Waals surface area contributed by atoms with Crippen molar-refractivity contribution in [3.8, 4) is 0 Å². The molecule has 0 radical (unpaired) electrons. The number of carbonyl (C=O) groups is 1. The standard InChI is InChI=1S/C11H14BrN3O3/c1-18-9(16)11(17)2-4-15(5-3-11)10-13-6-8(12)7-14-10/h6-7,17H,2-5H2,1H3. The molecule has 1 saturated heterocycles. The Morgan fingerprint density at radius 2 is 2.00 bits per heavy atom. The lowest BCUT2D eigenvalue weighted by atomic mass is 9.92. The summed E-state index contributed by atoms with van der Waals surface area (Å²) in [4.78, 5) is 21.8. The Labute approximate surface area is 113 Å². The molecule has 6 nitrogen and oxygen atoms in total. The van der Waals surface area contributed by atoms with Crippen LogP contribution >= 0.6 is 15.9 Å². The number of anilines is 1. The molecule has 1 N–H and O–H groups in total. The van der Waals surface area contributed by atoms with Crippen molar-refractivity contribution in [1.82, 2.24) is 9.97 Å². The van der Waals surface area contributed by atoms with Crippen LogP contribution in [-0.4, -0.2) is 46.8 Å². The van der Waals surface area contributed by atoms with Gasteiger partial charge in [-0.2, -0.15) is 0 Å². The van der Waals surface area contributed by atoms with Crippen molar-refractivity contribution in [2.75, 3.05) is 25.1 Å². The van der Waals surface area contributed by atoms with E-state index >= 15 is 0 Å². The Bertz CT molecular complexity index is 430. The zero-order chi connectivity index (χ0) is 13.2. The number of methoxy groups -OCH3 is 1. The topological polar surface area (TPSA) is 75.6 Å². The molecule has 1 aromatic heterocycles. The Kier molecular flexibility index (Phi) is 3.82. The van der Waals surface area contributed by atoms with Crippen LogP contribution in [0.4, 0.5) is 5.95 Å². The minimum Gasteiger partial charge on any atom is -0.467 e. The highest BCUT2D eigenvalue weighted by atomic mass is 79.9. The van der Waals surface area contributed by atoms with Crippen molar-refractivity contribution in [1.29, 1.82) is 0 Å². The van der Waals surface area contributed by atoms with E-state index in [2.05, 4.69) is 30.6 Å². The van der Waals surface area contributed by atoms with Crippen LogP contribution in [0.2, 0.25) is 0 Å². The van der Waals surface area contributed by atoms with Gasteiger partial charge in [-0.3, -0.25) is 0 Å². The average Bonchev–Trinajstić information content (AvgIpc) is 2.40. The lowest BCUT2D eigenvalue weighted by Gasteiger charge is -2.35. The maximum Gasteiger partial charge on any atom is 0.337 e. The first-order valence-corrected chi connectivity index (χ1v) is 6.38. The number of hydrogen-bond donors (Lipinski definition) is 1. The summed E-state index contributed by atoms with van der Waals surface area (Å²) in [5.74, 6) is 0.0315. The zero-order valence-corrected chi connectivity index (χ0v) is 11.6. The third kappa shape index (κ3) is 2.62. The Hall–Kier alpha value is -1.21. The predicted molar refractivity (Wildman–Crippen MR) is 68.1 cm³/mol. The predicted octanol–water partition coefficient (Wildman–Crippen LogP) is 0.743. The SMILES string of the molecule is COC(=O)C1(O)CCN(c2ncc(Br)cn2)CC1. The molecule has 1 aliphatic rings. The first-order valence-electron chi connectivity index (χ1n) is 5.58. The first-order chi connectivity index (χ1) is 8.55. The van der Waals surface area contributed by atoms with Crippen molar-refractivity contribution < 1.29 is 14.6 Å². The number of rotatable bonds is 2. The number of carbonyl (C=O) groups excluding carboxylic acids is 1. The van der Waals surface area contributed by atoms with Crippen LogP contribution in [0.3, 0.4) is 0 Å². The summed E-state index contributed by atoms with van der Waals surface area (Å²) in [6.07, 6.45) is 3.98. The summed E-state index contributed by atoms with van der Waals surface area (Å²) in [5.41, 5.74) is -1.37. The minimum atomic E-state index is -1.37. The van der Waals surface area contributed by atoms with Gasteiger partial charge < -0.3 is 14.7 Å². The molecule has 2 heterocycles. The number of aromatic nitrogens is 2. The van der Waals surface area contributed by atoms with Gasteiger partial charge in [-0.1, -0.05) is 0 Å². The van der Waals surface area contributed by atoms with Crippen LogP contribution in [0.15, 0.2) is 16.9 Å². The summed E-state index contributed by atoms with van der Waals surface area (Å²) >= 11 is 3.27. The van der Waals surface area contributed by atoms with Crippen LogP contribution in [0.25, 0.3) is 0 Å². The first kappa shape index (κ1) is 13.2. The van der Waals surface area contributed by atoms with Crippen molar-refractivity contribution in [3.05, 3.63) is 16.9 Å². The smallest absolute Gasteiger partial charge is 0.337 e. The largest absolute Gasteiger partial charge is 0.467 e. The fourth-order valence-electron chi connectivity index (χ4n) is 1.94. The molecule has 0 amide bonds. The fourth-order valence-corrected chi connectivity index (χ4v) is 2.14. The van der Waals surface area contributed by atoms with Crippen LogP contribution in [0.5, 0.6) is 0 Å². The molecule has 0 atom stereocenters. The van der Waals surface area contributed by atoms with Gasteiger partial charge >= 0.3 is 5.97 Å². The third-order valence-corrected chi connectivity index (χ3v) is 3.46. The van der Waals surface area contributed by atoms with Crippen molar-refractivity contribution in [2.45, 2.75) is 18.4 Å². The van der Waals surface area contributed by atoms with Gasteiger partial charge in [0.1, 0.15) is 0 Å². The molecule has 0 bridgehead atoms. The molecule has 0 saturated carbocycles. The summed E-state index contributed by atoms with van der Waals surface area (Å²) < 4.78 is 5.42. The van der Waals surface area contributed by atoms with Crippen molar-refractivity contribution in [2.24, 2.45) is 0 Å². The highest BCUT2D eigenvalue weighted by Gasteiger charge is 2.40. The molecule has 0 unspecified atom stereocenters. The van der Waals surface area contributed by atoms with E-state index in [-0.39, 0.29) is 0 Å². The summed E-state index contributed by atoms with van der Waals surface area (Å²) in [7, 11) is 1.28. The molecule has 0 aromatic carbocycles. The molecule has 98 valence electrons. The van der Waals surface area contributed by atoms with E-state index in [9.17, 15) is 9.90 Å². The quantitative estimate of drug-likeness (QED) is 0.811. The summed E-state index contributed by atoms with van der Waals surface area (Å²) in [6, 6.07) is 0. The van der Waals surface area contributed by atoms with Gasteiger partial charge in [-0.25, -0.2) is 14.8 Å². The van der Waals surface area contributed by atoms with E-state index < -0.39 is 11.6 Å². The minimum absolute atomic E-state index is 0.319. The number of hydrogen-bond acceptors (Lipinski definition) is 6. The van der Waals surface area contributed by atoms with E-state index in [4.69, 9.17) is 0 Å². The summed E-state index contributed by atoms with van der Waals surface area (Å²) in [6.45, 7) is 1.04. The van der Waals surface area contributed by atoms with Gasteiger partial charge in [0.05, 0.1) is 11.6 Å². The van der Waals surface area contributed by atoms with Gasteiger partial charge in [-0.05, 0) is 15.9 Å². The van der Waals surface area contributed by atoms with Gasteiger partial charge in [0.15, 0.2) is 5.60 Å². The van der Waals surface area contributed by atoms with E-state index in [0.717, 1.165) is 4.47 Å². The number of piperidine rings is 1. The number of nitrogens with zero attached hydrogens (tertiary/aromatic N) is 3. The van der Waals surface area contributed by atoms with E-state index in [0.29, 0.717) is 31.9 Å². The van der Waals surface area contributed by atoms with E-state index in [1.54, 1.807) is 12.4 Å². The molecule has 1 aromatic rings. The molecular weight excluding hydrogens is 302 g/mol. The van der Waals surface area contributed by atoms with Crippen molar-refractivity contribution >= 4 is 27.8 Å². The maximum atomic E-state index is 11.4. The molecule has 1 fully saturated rings. The van der Waals surface area contributed by atoms with Gasteiger partial charge in [0.25, 0.3) is 0 Å². The van der Waals surface area contributed by atoms with Crippen LogP contribution < -0.4 is 4.90 Å². The number of esters is 1. The molecular formula is C11H14BrN3O3. The van der Waals surface area contributed by atoms with Gasteiger partial charge in [0, 0.05) is 38.3 Å². The number of ether oxygens (including phenoxy) is 1. The van der Waals surface area contributed by atoms with E-state index in [1.807, 2.05) is 4.90 Å². The van der Waals surface area contributed by atoms with Crippen molar-refractivity contribution in [3.63, 3.8) is 0 Å². The van der Waals surface area contributed by atoms with Crippen LogP contribution in [0.1, 0.15) is 12.8 Å². The molecule has 0 aliphatic carbocycles. The lowest BCUT2D eigenvalue weighted by molar-refractivity contribution is -0.164. The average molecular weight is 316 g/mol. The van der Waals surface area contributed by atoms with Gasteiger partial charge in [0.2, 0.25) is 5.95 Å². The van der Waals surface area contributed by atoms with Crippen LogP contribution in [-0.2, 0) is 9.53 Å². The number of aliphatic hydroxyl groups is 1. The monoisotopic (exact) mass is 315 g/mol. The Morgan fingerprint density at radius 3 is 2.50 bits per heavy atom. The molecule has 18 heavy (non-hydrogen) atoms. The fraction of sp³-hybridized carbons (Fsp3) is 0.545. The highest BCUT2D eigenvalue weighted by Crippen LogP contribution is 2.25. The Balaban J connectivity index is 2.02. The third-order valence-electron chi connectivity index (χ3n) is 3.05. The normalized spacial score (nSPS) is 18.5. The molecule has 7 heteroatoms. The molecule has 1 aliphatic heterocycles. The molecule has 0 spiro atoms. The van der Waals surface area contributed by atoms with E-state index in [1.165, 1.54) is 7.11 Å². The summed E-state index contributed by atoms with van der Waals surface area (Å²) in [5, 5.41) is 10.1. The second-order valence-corrected chi connectivity index (χ2v) is 5.13. The molecule has 2 rings (SSSR count). The number of halogens is 1. The lowest BCUT2D eigenvalue weighted by Crippen LogP contribution is -2.50. The second kappa shape index (κ2) is 5.19. The highest BCUT2D eigenvalue weighted by molar-refractivity contribution is 9.10. The zero-order valence-electron chi connectivity index (χ0n) is 9.97.